The first-order chi connectivity index (χ1) is 11.4. The summed E-state index contributed by atoms with van der Waals surface area (Å²) >= 11 is 0. The van der Waals surface area contributed by atoms with Crippen molar-refractivity contribution in [3.63, 3.8) is 0 Å². The van der Waals surface area contributed by atoms with Gasteiger partial charge in [0.2, 0.25) is 0 Å². The summed E-state index contributed by atoms with van der Waals surface area (Å²) in [7, 11) is -1.80. The Morgan fingerprint density at radius 3 is 2.42 bits per heavy atom. The normalized spacial score (nSPS) is 16.1. The van der Waals surface area contributed by atoms with Gasteiger partial charge in [0, 0.05) is 45.6 Å². The fourth-order valence-electron chi connectivity index (χ4n) is 2.58. The number of imidazole rings is 1. The number of nitriles is 1. The Morgan fingerprint density at radius 2 is 1.92 bits per heavy atom. The van der Waals surface area contributed by atoms with E-state index in [1.807, 2.05) is 11.0 Å². The first kappa shape index (κ1) is 16.4. The summed E-state index contributed by atoms with van der Waals surface area (Å²) in [5, 5.41) is 8.90. The summed E-state index contributed by atoms with van der Waals surface area (Å²) in [4.78, 5) is 10.4. The number of rotatable bonds is 3. The molecule has 0 spiro atoms. The molecule has 9 heteroatoms. The topological polar surface area (TPSA) is 95.1 Å². The fraction of sp³-hybridized carbons (Fsp3) is 0.400. The third kappa shape index (κ3) is 2.98. The molecule has 1 aliphatic rings. The molecule has 0 radical (unpaired) electrons. The van der Waals surface area contributed by atoms with Crippen LogP contribution in [-0.4, -0.2) is 53.4 Å². The van der Waals surface area contributed by atoms with Crippen LogP contribution in [0.4, 0.5) is 5.82 Å². The minimum atomic E-state index is -3.57. The molecule has 0 amide bonds. The van der Waals surface area contributed by atoms with E-state index in [2.05, 4.69) is 9.97 Å². The van der Waals surface area contributed by atoms with Crippen molar-refractivity contribution in [1.82, 2.24) is 18.8 Å². The summed E-state index contributed by atoms with van der Waals surface area (Å²) in [6.07, 6.45) is 3.06. The maximum Gasteiger partial charge on any atom is 0.262 e. The second-order valence-corrected chi connectivity index (χ2v) is 7.53. The highest BCUT2D eigenvalue weighted by Gasteiger charge is 2.30. The Kier molecular flexibility index (Phi) is 4.26. The van der Waals surface area contributed by atoms with E-state index in [-0.39, 0.29) is 5.03 Å². The van der Waals surface area contributed by atoms with Crippen molar-refractivity contribution in [3.8, 4) is 6.07 Å². The lowest BCUT2D eigenvalue weighted by molar-refractivity contribution is 0.382. The zero-order chi connectivity index (χ0) is 17.3. The van der Waals surface area contributed by atoms with Crippen LogP contribution in [0.5, 0.6) is 0 Å². The van der Waals surface area contributed by atoms with Crippen LogP contribution < -0.4 is 4.90 Å². The highest BCUT2D eigenvalue weighted by Crippen LogP contribution is 2.19. The third-order valence-corrected chi connectivity index (χ3v) is 5.90. The van der Waals surface area contributed by atoms with Crippen molar-refractivity contribution in [1.29, 1.82) is 5.26 Å². The molecule has 2 aromatic heterocycles. The van der Waals surface area contributed by atoms with Gasteiger partial charge in [-0.15, -0.1) is 0 Å². The van der Waals surface area contributed by atoms with Gasteiger partial charge in [-0.25, -0.2) is 18.4 Å². The van der Waals surface area contributed by atoms with Gasteiger partial charge < -0.3 is 9.47 Å². The molecule has 0 atom stereocenters. The average Bonchev–Trinajstić information content (AvgIpc) is 2.95. The molecule has 3 rings (SSSR count). The quantitative estimate of drug-likeness (QED) is 0.803. The predicted molar refractivity (Wildman–Crippen MR) is 87.9 cm³/mol. The Bertz CT molecular complexity index is 854. The molecule has 1 aliphatic heterocycles. The van der Waals surface area contributed by atoms with Crippen molar-refractivity contribution in [2.75, 3.05) is 31.1 Å². The number of hydrogen-bond donors (Lipinski definition) is 0. The molecular formula is C15H18N6O2S. The van der Waals surface area contributed by atoms with Crippen LogP contribution in [0, 0.1) is 18.3 Å². The largest absolute Gasteiger partial charge is 0.354 e. The Balaban J connectivity index is 1.71. The summed E-state index contributed by atoms with van der Waals surface area (Å²) in [5.74, 6) is 1.41. The molecule has 3 heterocycles. The third-order valence-electron chi connectivity index (χ3n) is 4.13. The first-order valence-corrected chi connectivity index (χ1v) is 8.97. The van der Waals surface area contributed by atoms with Gasteiger partial charge in [0.05, 0.1) is 5.56 Å². The van der Waals surface area contributed by atoms with Gasteiger partial charge in [-0.2, -0.15) is 9.57 Å². The number of anilines is 1. The molecule has 1 fully saturated rings. The lowest BCUT2D eigenvalue weighted by Gasteiger charge is -2.34. The van der Waals surface area contributed by atoms with Gasteiger partial charge in [0.1, 0.15) is 17.7 Å². The van der Waals surface area contributed by atoms with Crippen molar-refractivity contribution < 1.29 is 8.42 Å². The number of piperazine rings is 1. The maximum absolute atomic E-state index is 12.7. The molecule has 1 saturated heterocycles. The fourth-order valence-corrected chi connectivity index (χ4v) is 4.03. The second kappa shape index (κ2) is 6.22. The smallest absolute Gasteiger partial charge is 0.262 e. The van der Waals surface area contributed by atoms with E-state index in [0.717, 1.165) is 5.82 Å². The zero-order valence-electron chi connectivity index (χ0n) is 13.5. The van der Waals surface area contributed by atoms with Gasteiger partial charge in [0.15, 0.2) is 5.03 Å². The van der Waals surface area contributed by atoms with Crippen LogP contribution in [0.15, 0.2) is 29.6 Å². The van der Waals surface area contributed by atoms with Crippen LogP contribution >= 0.6 is 0 Å². The highest BCUT2D eigenvalue weighted by molar-refractivity contribution is 7.89. The van der Waals surface area contributed by atoms with Crippen LogP contribution in [0.2, 0.25) is 0 Å². The van der Waals surface area contributed by atoms with Crippen molar-refractivity contribution in [2.24, 2.45) is 7.05 Å². The molecule has 0 N–H and O–H groups in total. The summed E-state index contributed by atoms with van der Waals surface area (Å²) in [5.41, 5.74) is 0.505. The van der Waals surface area contributed by atoms with E-state index in [0.29, 0.717) is 37.6 Å². The minimum absolute atomic E-state index is 0.0902. The van der Waals surface area contributed by atoms with Gasteiger partial charge in [-0.1, -0.05) is 0 Å². The lowest BCUT2D eigenvalue weighted by atomic mass is 10.3. The summed E-state index contributed by atoms with van der Waals surface area (Å²) in [6.45, 7) is 3.61. The van der Waals surface area contributed by atoms with Gasteiger partial charge >= 0.3 is 0 Å². The van der Waals surface area contributed by atoms with Crippen molar-refractivity contribution >= 4 is 15.8 Å². The molecule has 24 heavy (non-hydrogen) atoms. The summed E-state index contributed by atoms with van der Waals surface area (Å²) in [6, 6.07) is 5.52. The molecule has 126 valence electrons. The van der Waals surface area contributed by atoms with Crippen molar-refractivity contribution in [3.05, 3.63) is 35.9 Å². The van der Waals surface area contributed by atoms with Gasteiger partial charge in [-0.05, 0) is 19.1 Å². The first-order valence-electron chi connectivity index (χ1n) is 7.53. The van der Waals surface area contributed by atoms with E-state index in [4.69, 9.17) is 5.26 Å². The van der Waals surface area contributed by atoms with E-state index in [1.165, 1.54) is 10.5 Å². The number of nitrogens with zero attached hydrogens (tertiary/aromatic N) is 6. The highest BCUT2D eigenvalue weighted by atomic mass is 32.2. The molecule has 0 saturated carbocycles. The SMILES string of the molecule is Cc1nc(S(=O)(=O)N2CCN(c3ccc(C#N)cn3)CC2)cn1C. The lowest BCUT2D eigenvalue weighted by Crippen LogP contribution is -2.49. The number of aryl methyl sites for hydroxylation is 2. The summed E-state index contributed by atoms with van der Waals surface area (Å²) < 4.78 is 28.5. The average molecular weight is 346 g/mol. The Labute approximate surface area is 141 Å². The van der Waals surface area contributed by atoms with Crippen LogP contribution in [0.25, 0.3) is 0 Å². The Morgan fingerprint density at radius 1 is 1.21 bits per heavy atom. The minimum Gasteiger partial charge on any atom is -0.354 e. The molecule has 0 unspecified atom stereocenters. The van der Waals surface area contributed by atoms with Gasteiger partial charge in [-0.3, -0.25) is 0 Å². The zero-order valence-corrected chi connectivity index (χ0v) is 14.4. The number of aromatic nitrogens is 3. The molecular weight excluding hydrogens is 328 g/mol. The van der Waals surface area contributed by atoms with Crippen LogP contribution in [-0.2, 0) is 17.1 Å². The number of sulfonamides is 1. The van der Waals surface area contributed by atoms with E-state index in [1.54, 1.807) is 36.9 Å². The standard InChI is InChI=1S/C15H18N6O2S/c1-12-18-15(11-19(12)2)24(22,23)21-7-5-20(6-8-21)14-4-3-13(9-16)10-17-14/h3-4,10-11H,5-8H2,1-2H3. The molecule has 0 aliphatic carbocycles. The number of pyridine rings is 1. The van der Waals surface area contributed by atoms with Gasteiger partial charge in [0.25, 0.3) is 10.0 Å². The molecule has 0 bridgehead atoms. The molecule has 0 aromatic carbocycles. The van der Waals surface area contributed by atoms with E-state index < -0.39 is 10.0 Å². The predicted octanol–water partition coefficient (Wildman–Crippen LogP) is 0.506. The maximum atomic E-state index is 12.7. The van der Waals surface area contributed by atoms with Crippen LogP contribution in [0.1, 0.15) is 11.4 Å². The molecule has 8 nitrogen and oxygen atoms in total. The van der Waals surface area contributed by atoms with Crippen LogP contribution in [0.3, 0.4) is 0 Å². The van der Waals surface area contributed by atoms with E-state index >= 15 is 0 Å². The molecule has 2 aromatic rings. The van der Waals surface area contributed by atoms with Crippen molar-refractivity contribution in [2.45, 2.75) is 11.9 Å². The Hall–Kier alpha value is -2.44. The number of hydrogen-bond acceptors (Lipinski definition) is 6. The monoisotopic (exact) mass is 346 g/mol. The van der Waals surface area contributed by atoms with E-state index in [9.17, 15) is 8.42 Å². The second-order valence-electron chi connectivity index (χ2n) is 5.65.